The second kappa shape index (κ2) is 10.2. The maximum Gasteiger partial charge on any atom is 0.191 e. The highest BCUT2D eigenvalue weighted by Gasteiger charge is 2.25. The first-order chi connectivity index (χ1) is 10.1. The number of thioether (sulfide) groups is 1. The van der Waals surface area contributed by atoms with E-state index in [2.05, 4.69) is 35.6 Å². The van der Waals surface area contributed by atoms with Crippen molar-refractivity contribution in [2.24, 2.45) is 16.6 Å². The third-order valence-electron chi connectivity index (χ3n) is 4.55. The molecule has 5 nitrogen and oxygen atoms in total. The van der Waals surface area contributed by atoms with E-state index < -0.39 is 0 Å². The molecule has 7 heteroatoms. The normalized spacial score (nSPS) is 23.5. The molecule has 0 saturated carbocycles. The van der Waals surface area contributed by atoms with E-state index >= 15 is 0 Å². The third kappa shape index (κ3) is 6.05. The van der Waals surface area contributed by atoms with E-state index in [1.165, 1.54) is 11.5 Å². The molecule has 2 heterocycles. The Hall–Kier alpha value is 0.270. The molecule has 130 valence electrons. The first-order valence-corrected chi connectivity index (χ1v) is 9.28. The lowest BCUT2D eigenvalue weighted by molar-refractivity contribution is 0.0924. The lowest BCUT2D eigenvalue weighted by Crippen LogP contribution is -2.52. The molecule has 2 aliphatic rings. The number of piperazine rings is 1. The molecule has 2 saturated heterocycles. The van der Waals surface area contributed by atoms with E-state index in [4.69, 9.17) is 10.7 Å². The number of guanidine groups is 1. The summed E-state index contributed by atoms with van der Waals surface area (Å²) in [6, 6.07) is 0.511. The largest absolute Gasteiger partial charge is 0.370 e. The predicted molar refractivity (Wildman–Crippen MR) is 108 cm³/mol. The summed E-state index contributed by atoms with van der Waals surface area (Å²) in [5.74, 6) is 3.70. The molecule has 2 rings (SSSR count). The molecular formula is C15H32IN5S. The highest BCUT2D eigenvalue weighted by Crippen LogP contribution is 2.14. The van der Waals surface area contributed by atoms with Crippen LogP contribution in [0.25, 0.3) is 0 Å². The zero-order chi connectivity index (χ0) is 15.2. The molecule has 0 spiro atoms. The van der Waals surface area contributed by atoms with Crippen molar-refractivity contribution in [3.05, 3.63) is 0 Å². The van der Waals surface area contributed by atoms with Gasteiger partial charge >= 0.3 is 0 Å². The quantitative estimate of drug-likeness (QED) is 0.404. The van der Waals surface area contributed by atoms with E-state index in [1.807, 2.05) is 11.8 Å². The molecule has 2 fully saturated rings. The van der Waals surface area contributed by atoms with Gasteiger partial charge in [-0.2, -0.15) is 11.8 Å². The average Bonchev–Trinajstić information content (AvgIpc) is 2.49. The zero-order valence-corrected chi connectivity index (χ0v) is 17.3. The maximum atomic E-state index is 6.19. The Labute approximate surface area is 157 Å². The van der Waals surface area contributed by atoms with Crippen molar-refractivity contribution in [3.8, 4) is 0 Å². The number of nitrogens with two attached hydrogens (primary N) is 1. The third-order valence-corrected chi connectivity index (χ3v) is 5.49. The van der Waals surface area contributed by atoms with Crippen LogP contribution < -0.4 is 5.73 Å². The van der Waals surface area contributed by atoms with Crippen LogP contribution in [0.5, 0.6) is 0 Å². The van der Waals surface area contributed by atoms with Gasteiger partial charge in [0.25, 0.3) is 0 Å². The summed E-state index contributed by atoms with van der Waals surface area (Å²) in [4.78, 5) is 11.9. The van der Waals surface area contributed by atoms with Gasteiger partial charge in [-0.3, -0.25) is 9.89 Å². The number of hydrogen-bond donors (Lipinski definition) is 1. The fraction of sp³-hybridized carbons (Fsp3) is 0.933. The fourth-order valence-corrected chi connectivity index (χ4v) is 3.88. The maximum absolute atomic E-state index is 6.19. The van der Waals surface area contributed by atoms with E-state index in [0.717, 1.165) is 51.8 Å². The molecular weight excluding hydrogens is 409 g/mol. The van der Waals surface area contributed by atoms with Crippen LogP contribution in [-0.2, 0) is 0 Å². The summed E-state index contributed by atoms with van der Waals surface area (Å²) in [6.45, 7) is 12.1. The smallest absolute Gasteiger partial charge is 0.191 e. The van der Waals surface area contributed by atoms with Crippen LogP contribution in [0.3, 0.4) is 0 Å². The van der Waals surface area contributed by atoms with Gasteiger partial charge in [0.1, 0.15) is 0 Å². The monoisotopic (exact) mass is 441 g/mol. The Bertz CT molecular complexity index is 339. The summed E-state index contributed by atoms with van der Waals surface area (Å²) >= 11 is 2.00. The van der Waals surface area contributed by atoms with Crippen LogP contribution in [0.4, 0.5) is 0 Å². The highest BCUT2D eigenvalue weighted by molar-refractivity contribution is 14.0. The SMILES string of the molecule is CC(C)C(CN=C(N)N1CCSCC1)N1CCN(C)CC1.I. The second-order valence-electron chi connectivity index (χ2n) is 6.45. The number of nitrogens with zero attached hydrogens (tertiary/aromatic N) is 4. The van der Waals surface area contributed by atoms with Crippen molar-refractivity contribution in [1.82, 2.24) is 14.7 Å². The molecule has 1 unspecified atom stereocenters. The Morgan fingerprint density at radius 1 is 1.09 bits per heavy atom. The highest BCUT2D eigenvalue weighted by atomic mass is 127. The molecule has 0 aromatic carbocycles. The molecule has 0 aliphatic carbocycles. The minimum Gasteiger partial charge on any atom is -0.370 e. The first kappa shape index (κ1) is 20.3. The molecule has 0 bridgehead atoms. The van der Waals surface area contributed by atoms with Crippen molar-refractivity contribution >= 4 is 41.7 Å². The first-order valence-electron chi connectivity index (χ1n) is 8.13. The number of rotatable bonds is 4. The van der Waals surface area contributed by atoms with Crippen LogP contribution in [0, 0.1) is 5.92 Å². The molecule has 0 aromatic rings. The van der Waals surface area contributed by atoms with Crippen molar-refractivity contribution in [3.63, 3.8) is 0 Å². The number of aliphatic imine (C=N–C) groups is 1. The average molecular weight is 441 g/mol. The van der Waals surface area contributed by atoms with Crippen LogP contribution in [0.2, 0.25) is 0 Å². The minimum atomic E-state index is 0. The lowest BCUT2D eigenvalue weighted by atomic mass is 10.0. The molecule has 0 amide bonds. The van der Waals surface area contributed by atoms with Crippen molar-refractivity contribution in [2.45, 2.75) is 19.9 Å². The van der Waals surface area contributed by atoms with Crippen molar-refractivity contribution in [1.29, 1.82) is 0 Å². The second-order valence-corrected chi connectivity index (χ2v) is 7.67. The molecule has 1 atom stereocenters. The molecule has 2 N–H and O–H groups in total. The summed E-state index contributed by atoms with van der Waals surface area (Å²) in [5.41, 5.74) is 6.19. The van der Waals surface area contributed by atoms with Gasteiger partial charge in [-0.15, -0.1) is 24.0 Å². The van der Waals surface area contributed by atoms with E-state index in [9.17, 15) is 0 Å². The standard InChI is InChI=1S/C15H31N5S.HI/c1-13(2)14(19-6-4-18(3)5-7-19)12-17-15(16)20-8-10-21-11-9-20;/h13-14H,4-12H2,1-3H3,(H2,16,17);1H. The Balaban J connectivity index is 0.00000242. The van der Waals surface area contributed by atoms with Crippen LogP contribution in [0.1, 0.15) is 13.8 Å². The number of likely N-dealkylation sites (N-methyl/N-ethyl adjacent to an activating group) is 1. The molecule has 22 heavy (non-hydrogen) atoms. The lowest BCUT2D eigenvalue weighted by Gasteiger charge is -2.39. The van der Waals surface area contributed by atoms with E-state index in [1.54, 1.807) is 0 Å². The van der Waals surface area contributed by atoms with Gasteiger partial charge in [-0.25, -0.2) is 0 Å². The van der Waals surface area contributed by atoms with Gasteiger partial charge in [0.15, 0.2) is 5.96 Å². The fourth-order valence-electron chi connectivity index (χ4n) is 2.98. The van der Waals surface area contributed by atoms with E-state index in [0.29, 0.717) is 12.0 Å². The topological polar surface area (TPSA) is 48.1 Å². The van der Waals surface area contributed by atoms with Gasteiger partial charge in [-0.05, 0) is 13.0 Å². The minimum absolute atomic E-state index is 0. The zero-order valence-electron chi connectivity index (χ0n) is 14.2. The van der Waals surface area contributed by atoms with E-state index in [-0.39, 0.29) is 24.0 Å². The summed E-state index contributed by atoms with van der Waals surface area (Å²) < 4.78 is 0. The Kier molecular flexibility index (Phi) is 9.42. The molecule has 0 radical (unpaired) electrons. The van der Waals surface area contributed by atoms with Gasteiger partial charge in [-0.1, -0.05) is 13.8 Å². The van der Waals surface area contributed by atoms with Gasteiger partial charge in [0.2, 0.25) is 0 Å². The van der Waals surface area contributed by atoms with Crippen LogP contribution in [-0.4, -0.2) is 91.1 Å². The van der Waals surface area contributed by atoms with Crippen molar-refractivity contribution < 1.29 is 0 Å². The Morgan fingerprint density at radius 2 is 1.68 bits per heavy atom. The molecule has 0 aromatic heterocycles. The van der Waals surface area contributed by atoms with Gasteiger partial charge in [0, 0.05) is 56.8 Å². The van der Waals surface area contributed by atoms with Crippen LogP contribution >= 0.6 is 35.7 Å². The number of halogens is 1. The number of hydrogen-bond acceptors (Lipinski definition) is 4. The van der Waals surface area contributed by atoms with Gasteiger partial charge in [0.05, 0.1) is 6.54 Å². The Morgan fingerprint density at radius 3 is 2.23 bits per heavy atom. The van der Waals surface area contributed by atoms with Crippen LogP contribution in [0.15, 0.2) is 4.99 Å². The summed E-state index contributed by atoms with van der Waals surface area (Å²) in [6.07, 6.45) is 0. The molecule has 2 aliphatic heterocycles. The summed E-state index contributed by atoms with van der Waals surface area (Å²) in [7, 11) is 2.20. The van der Waals surface area contributed by atoms with Gasteiger partial charge < -0.3 is 15.5 Å². The predicted octanol–water partition coefficient (Wildman–Crippen LogP) is 1.24. The summed E-state index contributed by atoms with van der Waals surface area (Å²) in [5, 5.41) is 0. The van der Waals surface area contributed by atoms with Crippen molar-refractivity contribution in [2.75, 3.05) is 64.4 Å².